The van der Waals surface area contributed by atoms with Gasteiger partial charge in [-0.2, -0.15) is 5.10 Å². The first-order valence-corrected chi connectivity index (χ1v) is 8.18. The number of anilines is 1. The van der Waals surface area contributed by atoms with Gasteiger partial charge in [0, 0.05) is 18.9 Å². The average Bonchev–Trinajstić information content (AvgIpc) is 3.05. The van der Waals surface area contributed by atoms with E-state index in [0.717, 1.165) is 0 Å². The van der Waals surface area contributed by atoms with Gasteiger partial charge in [0.1, 0.15) is 0 Å². The van der Waals surface area contributed by atoms with Gasteiger partial charge in [0.2, 0.25) is 0 Å². The molecule has 2 amide bonds. The van der Waals surface area contributed by atoms with Crippen molar-refractivity contribution in [1.82, 2.24) is 20.1 Å². The lowest BCUT2D eigenvalue weighted by atomic mass is 10.1. The molecule has 3 rings (SSSR count). The highest BCUT2D eigenvalue weighted by molar-refractivity contribution is 6.34. The van der Waals surface area contributed by atoms with E-state index in [2.05, 4.69) is 20.7 Å². The van der Waals surface area contributed by atoms with Gasteiger partial charge in [0.05, 0.1) is 28.0 Å². The molecule has 0 spiro atoms. The molecule has 0 saturated heterocycles. The smallest absolute Gasteiger partial charge is 0.259 e. The fraction of sp³-hybridized carbons (Fsp3) is 0.111. The molecule has 0 fully saturated rings. The molecule has 0 atom stereocenters. The van der Waals surface area contributed by atoms with E-state index in [1.165, 1.54) is 19.3 Å². The number of amides is 2. The Balaban J connectivity index is 1.86. The number of carbonyl (C=O) groups is 2. The number of hydrogen-bond donors (Lipinski definition) is 2. The number of rotatable bonds is 4. The molecule has 7 nitrogen and oxygen atoms in total. The normalized spacial score (nSPS) is 10.4. The number of halogens is 1. The maximum atomic E-state index is 12.6. The summed E-state index contributed by atoms with van der Waals surface area (Å²) in [4.78, 5) is 28.7. The number of hydrogen-bond acceptors (Lipinski definition) is 4. The van der Waals surface area contributed by atoms with Crippen LogP contribution in [0.25, 0.3) is 5.82 Å². The molecule has 26 heavy (non-hydrogen) atoms. The van der Waals surface area contributed by atoms with Gasteiger partial charge in [-0.25, -0.2) is 9.67 Å². The number of aromatic nitrogens is 3. The lowest BCUT2D eigenvalue weighted by molar-refractivity contribution is 0.0961. The van der Waals surface area contributed by atoms with E-state index in [4.69, 9.17) is 11.6 Å². The van der Waals surface area contributed by atoms with E-state index in [1.54, 1.807) is 42.1 Å². The van der Waals surface area contributed by atoms with Crippen molar-refractivity contribution in [2.75, 3.05) is 12.4 Å². The molecule has 0 bridgehead atoms. The summed E-state index contributed by atoms with van der Waals surface area (Å²) in [5.74, 6) is -0.0439. The Morgan fingerprint density at radius 2 is 1.92 bits per heavy atom. The number of benzene rings is 1. The molecule has 2 heterocycles. The molecule has 132 valence electrons. The molecule has 8 heteroatoms. The van der Waals surface area contributed by atoms with Crippen molar-refractivity contribution >= 4 is 29.1 Å². The Kier molecular flexibility index (Phi) is 4.99. The van der Waals surface area contributed by atoms with Crippen molar-refractivity contribution in [2.45, 2.75) is 6.92 Å². The summed E-state index contributed by atoms with van der Waals surface area (Å²) < 4.78 is 1.59. The van der Waals surface area contributed by atoms with Gasteiger partial charge in [-0.3, -0.25) is 9.59 Å². The molecule has 3 aromatic rings. The summed E-state index contributed by atoms with van der Waals surface area (Å²) in [6, 6.07) is 10.2. The van der Waals surface area contributed by atoms with E-state index in [9.17, 15) is 9.59 Å². The van der Waals surface area contributed by atoms with Crippen LogP contribution in [0.4, 0.5) is 5.69 Å². The Morgan fingerprint density at radius 1 is 1.12 bits per heavy atom. The van der Waals surface area contributed by atoms with Crippen LogP contribution < -0.4 is 10.6 Å². The number of pyridine rings is 1. The van der Waals surface area contributed by atoms with Crippen LogP contribution in [0.3, 0.4) is 0 Å². The largest absolute Gasteiger partial charge is 0.355 e. The Labute approximate surface area is 155 Å². The van der Waals surface area contributed by atoms with Crippen LogP contribution in [0.2, 0.25) is 5.02 Å². The van der Waals surface area contributed by atoms with Gasteiger partial charge in [-0.1, -0.05) is 17.7 Å². The minimum absolute atomic E-state index is 0.285. The summed E-state index contributed by atoms with van der Waals surface area (Å²) in [5.41, 5.74) is 1.81. The van der Waals surface area contributed by atoms with Crippen LogP contribution in [-0.2, 0) is 0 Å². The molecule has 0 radical (unpaired) electrons. The van der Waals surface area contributed by atoms with Crippen molar-refractivity contribution in [1.29, 1.82) is 0 Å². The molecule has 1 aromatic carbocycles. The van der Waals surface area contributed by atoms with Crippen molar-refractivity contribution in [2.24, 2.45) is 0 Å². The third kappa shape index (κ3) is 3.43. The summed E-state index contributed by atoms with van der Waals surface area (Å²) in [5, 5.41) is 9.80. The number of carbonyl (C=O) groups excluding carboxylic acids is 2. The van der Waals surface area contributed by atoms with Crippen LogP contribution in [0.1, 0.15) is 26.4 Å². The molecule has 0 aliphatic heterocycles. The topological polar surface area (TPSA) is 88.9 Å². The molecule has 0 saturated carbocycles. The van der Waals surface area contributed by atoms with Gasteiger partial charge in [-0.15, -0.1) is 0 Å². The quantitative estimate of drug-likeness (QED) is 0.740. The lowest BCUT2D eigenvalue weighted by Crippen LogP contribution is -2.19. The van der Waals surface area contributed by atoms with E-state index in [0.29, 0.717) is 27.8 Å². The Hall–Kier alpha value is -3.19. The highest BCUT2D eigenvalue weighted by Gasteiger charge is 2.17. The molecule has 0 unspecified atom stereocenters. The fourth-order valence-electron chi connectivity index (χ4n) is 2.45. The number of nitrogens with zero attached hydrogens (tertiary/aromatic N) is 3. The maximum Gasteiger partial charge on any atom is 0.259 e. The maximum absolute atomic E-state index is 12.6. The number of nitrogens with one attached hydrogen (secondary N) is 2. The summed E-state index contributed by atoms with van der Waals surface area (Å²) in [7, 11) is 1.51. The zero-order valence-corrected chi connectivity index (χ0v) is 14.9. The molecular weight excluding hydrogens is 354 g/mol. The van der Waals surface area contributed by atoms with Crippen LogP contribution in [0, 0.1) is 6.92 Å². The standard InChI is InChI=1S/C18H16ClN5O2/c1-11-14(10-22-24(11)16-5-3-4-8-21-16)18(26)23-12-6-7-15(19)13(9-12)17(25)20-2/h3-10H,1-2H3,(H,20,25)(H,23,26). The second-order valence-electron chi connectivity index (χ2n) is 5.47. The van der Waals surface area contributed by atoms with Crippen LogP contribution in [-0.4, -0.2) is 33.6 Å². The van der Waals surface area contributed by atoms with E-state index in [1.807, 2.05) is 6.07 Å². The lowest BCUT2D eigenvalue weighted by Gasteiger charge is -2.09. The van der Waals surface area contributed by atoms with Crippen molar-refractivity contribution in [3.8, 4) is 5.82 Å². The minimum atomic E-state index is -0.338. The van der Waals surface area contributed by atoms with Crippen LogP contribution in [0.15, 0.2) is 48.8 Å². The SMILES string of the molecule is CNC(=O)c1cc(NC(=O)c2cnn(-c3ccccn3)c2C)ccc1Cl. The van der Waals surface area contributed by atoms with Crippen molar-refractivity contribution in [3.63, 3.8) is 0 Å². The Bertz CT molecular complexity index is 969. The van der Waals surface area contributed by atoms with Gasteiger partial charge < -0.3 is 10.6 Å². The highest BCUT2D eigenvalue weighted by Crippen LogP contribution is 2.22. The molecular formula is C18H16ClN5O2. The fourth-order valence-corrected chi connectivity index (χ4v) is 2.66. The second kappa shape index (κ2) is 7.37. The second-order valence-corrected chi connectivity index (χ2v) is 5.88. The predicted molar refractivity (Wildman–Crippen MR) is 98.9 cm³/mol. The van der Waals surface area contributed by atoms with Gasteiger partial charge >= 0.3 is 0 Å². The zero-order chi connectivity index (χ0) is 18.7. The zero-order valence-electron chi connectivity index (χ0n) is 14.2. The first-order chi connectivity index (χ1) is 12.5. The molecule has 2 N–H and O–H groups in total. The third-order valence-electron chi connectivity index (χ3n) is 3.82. The van der Waals surface area contributed by atoms with Gasteiger partial charge in [0.25, 0.3) is 11.8 Å². The van der Waals surface area contributed by atoms with E-state index < -0.39 is 0 Å². The monoisotopic (exact) mass is 369 g/mol. The minimum Gasteiger partial charge on any atom is -0.355 e. The van der Waals surface area contributed by atoms with E-state index in [-0.39, 0.29) is 17.4 Å². The first kappa shape index (κ1) is 17.6. The summed E-state index contributed by atoms with van der Waals surface area (Å²) in [6.45, 7) is 1.79. The first-order valence-electron chi connectivity index (χ1n) is 7.80. The summed E-state index contributed by atoms with van der Waals surface area (Å²) >= 11 is 6.03. The predicted octanol–water partition coefficient (Wildman–Crippen LogP) is 2.84. The average molecular weight is 370 g/mol. The third-order valence-corrected chi connectivity index (χ3v) is 4.15. The summed E-state index contributed by atoms with van der Waals surface area (Å²) in [6.07, 6.45) is 3.14. The highest BCUT2D eigenvalue weighted by atomic mass is 35.5. The van der Waals surface area contributed by atoms with Crippen LogP contribution in [0.5, 0.6) is 0 Å². The molecule has 0 aliphatic carbocycles. The van der Waals surface area contributed by atoms with E-state index >= 15 is 0 Å². The molecule has 0 aliphatic rings. The van der Waals surface area contributed by atoms with Gasteiger partial charge in [-0.05, 0) is 37.3 Å². The van der Waals surface area contributed by atoms with Crippen LogP contribution >= 0.6 is 11.6 Å². The van der Waals surface area contributed by atoms with Gasteiger partial charge in [0.15, 0.2) is 5.82 Å². The Morgan fingerprint density at radius 3 is 2.62 bits per heavy atom. The van der Waals surface area contributed by atoms with Crippen molar-refractivity contribution in [3.05, 3.63) is 70.6 Å². The van der Waals surface area contributed by atoms with Crippen molar-refractivity contribution < 1.29 is 9.59 Å². The molecule has 2 aromatic heterocycles.